The molecule has 0 amide bonds. The Morgan fingerprint density at radius 3 is 1.66 bits per heavy atom. The molecule has 0 fully saturated rings. The van der Waals surface area contributed by atoms with E-state index in [0.717, 1.165) is 0 Å². The lowest BCUT2D eigenvalue weighted by Crippen LogP contribution is -2.48. The molecule has 1 nitrogen and oxygen atoms in total. The summed E-state index contributed by atoms with van der Waals surface area (Å²) in [5.41, 5.74) is -4.20. The Bertz CT molecular complexity index is 1230. The molecule has 2 aromatic carbocycles. The Hall–Kier alpha value is -2.43. The van der Waals surface area contributed by atoms with Gasteiger partial charge in [-0.15, -0.1) is 5.54 Å². The standard InChI is InChI=1S/C25H26BF9OSi2/c1-37(2,3)12-11-16-9-7-8-10-17(16)13-21(38(4,5)6)26(36)22-19(24(30,31)32)14-18(23(27,28)29)15-20(22)25(33,34)35/h7-10,13-15,36H,1-6H3/b21-13-. The third kappa shape index (κ3) is 8.04. The molecular formula is C25H26BF9OSi2. The predicted octanol–water partition coefficient (Wildman–Crippen LogP) is 7.66. The highest BCUT2D eigenvalue weighted by atomic mass is 28.3. The van der Waals surface area contributed by atoms with Crippen LogP contribution in [0.1, 0.15) is 27.8 Å². The van der Waals surface area contributed by atoms with E-state index < -0.39 is 63.7 Å². The quantitative estimate of drug-likeness (QED) is 0.224. The molecule has 0 bridgehead atoms. The van der Waals surface area contributed by atoms with Crippen molar-refractivity contribution in [3.8, 4) is 11.5 Å². The van der Waals surface area contributed by atoms with Gasteiger partial charge in [0.1, 0.15) is 8.07 Å². The van der Waals surface area contributed by atoms with Crippen LogP contribution < -0.4 is 5.46 Å². The van der Waals surface area contributed by atoms with E-state index in [-0.39, 0.29) is 17.2 Å². The van der Waals surface area contributed by atoms with Gasteiger partial charge in [0, 0.05) is 5.56 Å². The van der Waals surface area contributed by atoms with E-state index in [4.69, 9.17) is 0 Å². The van der Waals surface area contributed by atoms with Crippen molar-refractivity contribution in [3.63, 3.8) is 0 Å². The fourth-order valence-electron chi connectivity index (χ4n) is 3.60. The highest BCUT2D eigenvalue weighted by Gasteiger charge is 2.48. The first kappa shape index (κ1) is 31.8. The lowest BCUT2D eigenvalue weighted by Gasteiger charge is -2.28. The third-order valence-corrected chi connectivity index (χ3v) is 8.42. The molecule has 13 heteroatoms. The SMILES string of the molecule is C[Si](C)(C)C#Cc1ccccc1/C=C(/B(O)c1c(C(F)(F)F)cc(C(F)(F)F)cc1C(F)(F)F)[Si](C)(C)C. The zero-order valence-electron chi connectivity index (χ0n) is 21.5. The number of hydrogen-bond acceptors (Lipinski definition) is 1. The zero-order chi connectivity index (χ0) is 29.5. The third-order valence-electron chi connectivity index (χ3n) is 5.40. The maximum absolute atomic E-state index is 13.9. The topological polar surface area (TPSA) is 20.2 Å². The van der Waals surface area contributed by atoms with Gasteiger partial charge >= 0.3 is 25.4 Å². The van der Waals surface area contributed by atoms with Crippen LogP contribution in [0.2, 0.25) is 39.3 Å². The molecule has 0 saturated heterocycles. The van der Waals surface area contributed by atoms with E-state index in [2.05, 4.69) is 11.5 Å². The number of rotatable bonds is 4. The minimum atomic E-state index is -5.61. The molecule has 0 aliphatic rings. The summed E-state index contributed by atoms with van der Waals surface area (Å²) < 4.78 is 123. The molecule has 2 aromatic rings. The highest BCUT2D eigenvalue weighted by molar-refractivity contribution is 7.00. The van der Waals surface area contributed by atoms with E-state index in [1.165, 1.54) is 6.08 Å². The van der Waals surface area contributed by atoms with Gasteiger partial charge in [0.05, 0.1) is 24.8 Å². The van der Waals surface area contributed by atoms with Crippen LogP contribution in [0.25, 0.3) is 6.08 Å². The van der Waals surface area contributed by atoms with Gasteiger partial charge in [-0.3, -0.25) is 0 Å². The molecule has 0 aliphatic heterocycles. The molecule has 2 rings (SSSR count). The molecule has 0 aliphatic carbocycles. The van der Waals surface area contributed by atoms with Gasteiger partial charge in [-0.2, -0.15) is 39.5 Å². The Kier molecular flexibility index (Phi) is 8.88. The molecule has 0 aromatic heterocycles. The fourth-order valence-corrected chi connectivity index (χ4v) is 5.66. The molecule has 0 atom stereocenters. The average molecular weight is 580 g/mol. The molecule has 206 valence electrons. The van der Waals surface area contributed by atoms with Crippen molar-refractivity contribution >= 4 is 34.6 Å². The maximum atomic E-state index is 13.9. The van der Waals surface area contributed by atoms with Crippen LogP contribution in [0.3, 0.4) is 0 Å². The van der Waals surface area contributed by atoms with Gasteiger partial charge in [0.15, 0.2) is 0 Å². The van der Waals surface area contributed by atoms with E-state index in [1.54, 1.807) is 43.9 Å². The zero-order valence-corrected chi connectivity index (χ0v) is 23.5. The highest BCUT2D eigenvalue weighted by Crippen LogP contribution is 2.40. The number of benzene rings is 2. The first-order valence-electron chi connectivity index (χ1n) is 11.3. The van der Waals surface area contributed by atoms with E-state index in [9.17, 15) is 44.5 Å². The minimum absolute atomic E-state index is 0.129. The Morgan fingerprint density at radius 1 is 0.789 bits per heavy atom. The van der Waals surface area contributed by atoms with Crippen molar-refractivity contribution in [1.82, 2.24) is 0 Å². The summed E-state index contributed by atoms with van der Waals surface area (Å²) in [6, 6.07) is 5.68. The van der Waals surface area contributed by atoms with Crippen molar-refractivity contribution in [2.75, 3.05) is 0 Å². The summed E-state index contributed by atoms with van der Waals surface area (Å²) in [6.07, 6.45) is -15.4. The molecule has 38 heavy (non-hydrogen) atoms. The van der Waals surface area contributed by atoms with Crippen LogP contribution in [0.15, 0.2) is 41.5 Å². The van der Waals surface area contributed by atoms with Crippen LogP contribution in [0.4, 0.5) is 39.5 Å². The Morgan fingerprint density at radius 2 is 1.26 bits per heavy atom. The first-order valence-corrected chi connectivity index (χ1v) is 18.3. The second kappa shape index (κ2) is 10.6. The number of halogens is 9. The largest absolute Gasteiger partial charge is 0.443 e. The van der Waals surface area contributed by atoms with Gasteiger partial charge in [0.2, 0.25) is 0 Å². The number of alkyl halides is 9. The van der Waals surface area contributed by atoms with Gasteiger partial charge in [-0.25, -0.2) is 0 Å². The van der Waals surface area contributed by atoms with Crippen LogP contribution in [-0.2, 0) is 18.5 Å². The van der Waals surface area contributed by atoms with Crippen LogP contribution in [-0.4, -0.2) is 28.1 Å². The summed E-state index contributed by atoms with van der Waals surface area (Å²) in [5, 5.41) is 11.0. The monoisotopic (exact) mass is 580 g/mol. The maximum Gasteiger partial charge on any atom is 0.416 e. The molecule has 0 saturated carbocycles. The molecule has 1 N–H and O–H groups in total. The van der Waals surface area contributed by atoms with Gasteiger partial charge in [-0.05, 0) is 29.2 Å². The normalized spacial score (nSPS) is 13.7. The average Bonchev–Trinajstić information content (AvgIpc) is 2.72. The summed E-state index contributed by atoms with van der Waals surface area (Å²) >= 11 is 0. The lowest BCUT2D eigenvalue weighted by atomic mass is 9.57. The fraction of sp³-hybridized carbons (Fsp3) is 0.360. The summed E-state index contributed by atoms with van der Waals surface area (Å²) in [7, 11) is -4.75. The second-order valence-corrected chi connectivity index (χ2v) is 20.6. The van der Waals surface area contributed by atoms with Crippen LogP contribution in [0, 0.1) is 11.5 Å². The van der Waals surface area contributed by atoms with E-state index in [0.29, 0.717) is 11.1 Å². The number of hydrogen-bond donors (Lipinski definition) is 1. The van der Waals surface area contributed by atoms with Gasteiger partial charge < -0.3 is 5.02 Å². The minimum Gasteiger partial charge on any atom is -0.443 e. The summed E-state index contributed by atoms with van der Waals surface area (Å²) in [6.45, 7) is 8.28. The first-order chi connectivity index (χ1) is 16.9. The van der Waals surface area contributed by atoms with Crippen molar-refractivity contribution in [2.24, 2.45) is 0 Å². The second-order valence-electron chi connectivity index (χ2n) is 10.8. The molecule has 0 unspecified atom stereocenters. The molecule has 0 spiro atoms. The van der Waals surface area contributed by atoms with Gasteiger partial charge in [0.25, 0.3) is 0 Å². The molecule has 0 radical (unpaired) electrons. The smallest absolute Gasteiger partial charge is 0.416 e. The molecular weight excluding hydrogens is 554 g/mol. The van der Waals surface area contributed by atoms with E-state index in [1.807, 2.05) is 19.6 Å². The van der Waals surface area contributed by atoms with Crippen LogP contribution >= 0.6 is 0 Å². The van der Waals surface area contributed by atoms with Gasteiger partial charge in [-0.1, -0.05) is 74.6 Å². The van der Waals surface area contributed by atoms with Crippen molar-refractivity contribution in [2.45, 2.75) is 57.8 Å². The molecule has 0 heterocycles. The summed E-state index contributed by atoms with van der Waals surface area (Å²) in [4.78, 5) is 0. The van der Waals surface area contributed by atoms with E-state index >= 15 is 0 Å². The summed E-state index contributed by atoms with van der Waals surface area (Å²) in [5.74, 6) is 3.00. The lowest BCUT2D eigenvalue weighted by molar-refractivity contribution is -0.147. The predicted molar refractivity (Wildman–Crippen MR) is 137 cm³/mol. The van der Waals surface area contributed by atoms with Crippen molar-refractivity contribution < 1.29 is 44.5 Å². The van der Waals surface area contributed by atoms with Crippen molar-refractivity contribution in [1.29, 1.82) is 0 Å². The van der Waals surface area contributed by atoms with Crippen LogP contribution in [0.5, 0.6) is 0 Å². The van der Waals surface area contributed by atoms with Crippen molar-refractivity contribution in [3.05, 3.63) is 69.3 Å². The Labute approximate surface area is 217 Å². The Balaban J connectivity index is 2.97.